The van der Waals surface area contributed by atoms with Crippen molar-refractivity contribution in [3.63, 3.8) is 0 Å². The van der Waals surface area contributed by atoms with E-state index in [-0.39, 0.29) is 10.7 Å². The van der Waals surface area contributed by atoms with Crippen LogP contribution >= 0.6 is 34.8 Å². The molecule has 2 amide bonds. The highest BCUT2D eigenvalue weighted by Gasteiger charge is 2.14. The fraction of sp³-hybridized carbons (Fsp3) is 0.0455. The number of anilines is 1. The Hall–Kier alpha value is -3.06. The number of benzene rings is 3. The Morgan fingerprint density at radius 1 is 0.903 bits per heavy atom. The van der Waals surface area contributed by atoms with Crippen LogP contribution in [-0.2, 0) is 16.2 Å². The molecular weight excluding hydrogens is 461 g/mol. The molecule has 0 fully saturated rings. The van der Waals surface area contributed by atoms with Gasteiger partial charge in [-0.25, -0.2) is 5.43 Å². The molecule has 0 unspecified atom stereocenters. The van der Waals surface area contributed by atoms with Crippen molar-refractivity contribution in [2.24, 2.45) is 5.10 Å². The Morgan fingerprint density at radius 2 is 1.65 bits per heavy atom. The van der Waals surface area contributed by atoms with E-state index in [1.807, 2.05) is 18.2 Å². The van der Waals surface area contributed by atoms with Crippen molar-refractivity contribution in [3.8, 4) is 5.75 Å². The van der Waals surface area contributed by atoms with Gasteiger partial charge in [-0.1, -0.05) is 46.9 Å². The summed E-state index contributed by atoms with van der Waals surface area (Å²) in [6, 6.07) is 19.0. The number of nitrogens with zero attached hydrogens (tertiary/aromatic N) is 1. The molecule has 6 nitrogen and oxygen atoms in total. The maximum absolute atomic E-state index is 11.9. The lowest BCUT2D eigenvalue weighted by Crippen LogP contribution is -2.32. The van der Waals surface area contributed by atoms with E-state index < -0.39 is 11.8 Å². The number of carbonyl (C=O) groups excluding carboxylic acids is 2. The molecule has 0 aliphatic rings. The molecular formula is C22H16Cl3N3O3. The molecule has 0 aromatic heterocycles. The van der Waals surface area contributed by atoms with Crippen LogP contribution in [0, 0.1) is 0 Å². The van der Waals surface area contributed by atoms with E-state index in [0.29, 0.717) is 28.0 Å². The van der Waals surface area contributed by atoms with Crippen molar-refractivity contribution < 1.29 is 14.3 Å². The zero-order chi connectivity index (χ0) is 22.2. The smallest absolute Gasteiger partial charge is 0.329 e. The minimum Gasteiger partial charge on any atom is -0.489 e. The van der Waals surface area contributed by atoms with Gasteiger partial charge in [0.15, 0.2) is 0 Å². The summed E-state index contributed by atoms with van der Waals surface area (Å²) >= 11 is 17.8. The van der Waals surface area contributed by atoms with E-state index in [1.165, 1.54) is 18.3 Å². The van der Waals surface area contributed by atoms with Crippen molar-refractivity contribution in [1.82, 2.24) is 5.43 Å². The van der Waals surface area contributed by atoms with Crippen molar-refractivity contribution in [2.75, 3.05) is 5.32 Å². The average molecular weight is 477 g/mol. The predicted octanol–water partition coefficient (Wildman–Crippen LogP) is 5.31. The molecule has 0 bridgehead atoms. The summed E-state index contributed by atoms with van der Waals surface area (Å²) in [6.07, 6.45) is 1.40. The number of hydrogen-bond acceptors (Lipinski definition) is 4. The minimum atomic E-state index is -0.950. The van der Waals surface area contributed by atoms with E-state index in [4.69, 9.17) is 39.5 Å². The Labute approximate surface area is 193 Å². The fourth-order valence-electron chi connectivity index (χ4n) is 2.43. The number of carbonyl (C=O) groups is 2. The molecule has 3 aromatic rings. The van der Waals surface area contributed by atoms with E-state index in [0.717, 1.165) is 5.56 Å². The summed E-state index contributed by atoms with van der Waals surface area (Å²) in [7, 11) is 0. The van der Waals surface area contributed by atoms with Crippen LogP contribution < -0.4 is 15.5 Å². The molecule has 0 spiro atoms. The Bertz CT molecular complexity index is 1120. The van der Waals surface area contributed by atoms with Gasteiger partial charge in [-0.2, -0.15) is 5.10 Å². The number of hydrazone groups is 1. The van der Waals surface area contributed by atoms with Crippen LogP contribution in [0.3, 0.4) is 0 Å². The predicted molar refractivity (Wildman–Crippen MR) is 123 cm³/mol. The van der Waals surface area contributed by atoms with Gasteiger partial charge in [-0.3, -0.25) is 9.59 Å². The third kappa shape index (κ3) is 7.00. The van der Waals surface area contributed by atoms with Gasteiger partial charge in [0.05, 0.1) is 16.9 Å². The summed E-state index contributed by atoms with van der Waals surface area (Å²) in [5.41, 5.74) is 4.04. The number of halogens is 3. The summed E-state index contributed by atoms with van der Waals surface area (Å²) < 4.78 is 5.70. The molecule has 158 valence electrons. The standard InChI is InChI=1S/C22H16Cl3N3O3/c23-16-3-1-2-15(10-16)13-31-18-7-4-14(5-8-18)12-26-28-22(30)21(29)27-20-11-17(24)6-9-19(20)25/h1-12H,13H2,(H,27,29)(H,28,30)/b26-12+. The number of ether oxygens (including phenoxy) is 1. The lowest BCUT2D eigenvalue weighted by Gasteiger charge is -2.07. The quantitative estimate of drug-likeness (QED) is 0.287. The first-order valence-electron chi connectivity index (χ1n) is 8.97. The molecule has 0 saturated carbocycles. The first-order chi connectivity index (χ1) is 14.9. The van der Waals surface area contributed by atoms with Crippen LogP contribution in [0.25, 0.3) is 0 Å². The van der Waals surface area contributed by atoms with Crippen LogP contribution in [0.15, 0.2) is 71.8 Å². The average Bonchev–Trinajstić information content (AvgIpc) is 2.75. The zero-order valence-electron chi connectivity index (χ0n) is 15.9. The van der Waals surface area contributed by atoms with Crippen LogP contribution in [0.4, 0.5) is 5.69 Å². The highest BCUT2D eigenvalue weighted by Crippen LogP contribution is 2.25. The van der Waals surface area contributed by atoms with Gasteiger partial charge in [0.25, 0.3) is 0 Å². The summed E-state index contributed by atoms with van der Waals surface area (Å²) in [5.74, 6) is -1.21. The summed E-state index contributed by atoms with van der Waals surface area (Å²) in [4.78, 5) is 23.8. The third-order valence-electron chi connectivity index (χ3n) is 3.94. The van der Waals surface area contributed by atoms with Crippen molar-refractivity contribution in [3.05, 3.63) is 92.9 Å². The fourth-order valence-corrected chi connectivity index (χ4v) is 2.98. The molecule has 3 aromatic carbocycles. The second kappa shape index (κ2) is 10.8. The van der Waals surface area contributed by atoms with E-state index in [2.05, 4.69) is 15.8 Å². The van der Waals surface area contributed by atoms with Crippen LogP contribution in [-0.4, -0.2) is 18.0 Å². The highest BCUT2D eigenvalue weighted by molar-refractivity contribution is 6.42. The number of nitrogens with one attached hydrogen (secondary N) is 2. The second-order valence-electron chi connectivity index (χ2n) is 6.27. The third-order valence-corrected chi connectivity index (χ3v) is 4.74. The SMILES string of the molecule is O=C(N/N=C/c1ccc(OCc2cccc(Cl)c2)cc1)C(=O)Nc1cc(Cl)ccc1Cl. The Morgan fingerprint density at radius 3 is 2.39 bits per heavy atom. The van der Waals surface area contributed by atoms with Gasteiger partial charge < -0.3 is 10.1 Å². The number of amides is 2. The van der Waals surface area contributed by atoms with Gasteiger partial charge in [-0.05, 0) is 65.7 Å². The number of hydrogen-bond donors (Lipinski definition) is 2. The van der Waals surface area contributed by atoms with E-state index in [9.17, 15) is 9.59 Å². The largest absolute Gasteiger partial charge is 0.489 e. The van der Waals surface area contributed by atoms with Gasteiger partial charge in [0, 0.05) is 10.0 Å². The molecule has 0 saturated heterocycles. The van der Waals surface area contributed by atoms with Crippen molar-refractivity contribution in [1.29, 1.82) is 0 Å². The lowest BCUT2D eigenvalue weighted by atomic mass is 10.2. The minimum absolute atomic E-state index is 0.228. The molecule has 3 rings (SSSR count). The van der Waals surface area contributed by atoms with Crippen molar-refractivity contribution in [2.45, 2.75) is 6.61 Å². The van der Waals surface area contributed by atoms with Crippen LogP contribution in [0.2, 0.25) is 15.1 Å². The number of rotatable bonds is 6. The monoisotopic (exact) mass is 475 g/mol. The first-order valence-corrected chi connectivity index (χ1v) is 10.1. The Kier molecular flexibility index (Phi) is 7.89. The highest BCUT2D eigenvalue weighted by atomic mass is 35.5. The molecule has 0 heterocycles. The molecule has 0 atom stereocenters. The maximum atomic E-state index is 11.9. The van der Waals surface area contributed by atoms with Gasteiger partial charge in [0.2, 0.25) is 0 Å². The van der Waals surface area contributed by atoms with Crippen LogP contribution in [0.1, 0.15) is 11.1 Å². The van der Waals surface area contributed by atoms with Crippen LogP contribution in [0.5, 0.6) is 5.75 Å². The van der Waals surface area contributed by atoms with Gasteiger partial charge in [-0.15, -0.1) is 0 Å². The zero-order valence-corrected chi connectivity index (χ0v) is 18.2. The molecule has 31 heavy (non-hydrogen) atoms. The molecule has 0 radical (unpaired) electrons. The molecule has 0 aliphatic heterocycles. The topological polar surface area (TPSA) is 79.8 Å². The summed E-state index contributed by atoms with van der Waals surface area (Å²) in [5, 5.41) is 7.43. The molecule has 0 aliphatic carbocycles. The summed E-state index contributed by atoms with van der Waals surface area (Å²) in [6.45, 7) is 0.385. The Balaban J connectivity index is 1.49. The second-order valence-corrected chi connectivity index (χ2v) is 7.55. The normalized spacial score (nSPS) is 10.7. The van der Waals surface area contributed by atoms with E-state index >= 15 is 0 Å². The van der Waals surface area contributed by atoms with Crippen molar-refractivity contribution >= 4 is 58.5 Å². The lowest BCUT2D eigenvalue weighted by molar-refractivity contribution is -0.136. The van der Waals surface area contributed by atoms with Gasteiger partial charge >= 0.3 is 11.8 Å². The molecule has 2 N–H and O–H groups in total. The maximum Gasteiger partial charge on any atom is 0.329 e. The molecule has 9 heteroatoms. The van der Waals surface area contributed by atoms with Gasteiger partial charge in [0.1, 0.15) is 12.4 Å². The van der Waals surface area contributed by atoms with E-state index in [1.54, 1.807) is 36.4 Å². The first kappa shape index (κ1) is 22.6.